The van der Waals surface area contributed by atoms with Gasteiger partial charge in [-0.05, 0) is 90.4 Å². The van der Waals surface area contributed by atoms with Crippen molar-refractivity contribution in [1.82, 2.24) is 4.57 Å². The van der Waals surface area contributed by atoms with E-state index >= 15 is 0 Å². The van der Waals surface area contributed by atoms with Gasteiger partial charge in [-0.2, -0.15) is 0 Å². The van der Waals surface area contributed by atoms with E-state index in [1.165, 1.54) is 11.3 Å². The quantitative estimate of drug-likeness (QED) is 0.141. The van der Waals surface area contributed by atoms with Crippen LogP contribution in [0.5, 0.6) is 11.5 Å². The van der Waals surface area contributed by atoms with E-state index in [0.29, 0.717) is 48.8 Å². The molecule has 7 nitrogen and oxygen atoms in total. The lowest BCUT2D eigenvalue weighted by atomic mass is 9.96. The van der Waals surface area contributed by atoms with E-state index in [-0.39, 0.29) is 18.8 Å². The maximum Gasteiger partial charge on any atom is 0.338 e. The van der Waals surface area contributed by atoms with Crippen molar-refractivity contribution in [3.63, 3.8) is 0 Å². The maximum absolute atomic E-state index is 13.9. The van der Waals surface area contributed by atoms with Crippen LogP contribution < -0.4 is 24.4 Å². The van der Waals surface area contributed by atoms with Crippen LogP contribution >= 0.6 is 57.1 Å². The lowest BCUT2D eigenvalue weighted by Gasteiger charge is -2.24. The van der Waals surface area contributed by atoms with Crippen molar-refractivity contribution in [2.24, 2.45) is 4.99 Å². The van der Waals surface area contributed by atoms with Crippen molar-refractivity contribution in [1.29, 1.82) is 0 Å². The second-order valence-corrected chi connectivity index (χ2v) is 12.5. The first-order chi connectivity index (χ1) is 20.7. The minimum absolute atomic E-state index is 0.218. The van der Waals surface area contributed by atoms with Crippen molar-refractivity contribution in [2.45, 2.75) is 33.4 Å². The van der Waals surface area contributed by atoms with Gasteiger partial charge in [-0.3, -0.25) is 9.36 Å². The number of fused-ring (bicyclic) bond motifs is 1. The van der Waals surface area contributed by atoms with Crippen LogP contribution in [0, 0.1) is 3.57 Å². The first-order valence-electron chi connectivity index (χ1n) is 13.5. The van der Waals surface area contributed by atoms with E-state index < -0.39 is 12.0 Å². The van der Waals surface area contributed by atoms with Gasteiger partial charge in [-0.25, -0.2) is 9.79 Å². The Morgan fingerprint density at radius 3 is 2.51 bits per heavy atom. The molecule has 1 aliphatic rings. The van der Waals surface area contributed by atoms with E-state index in [2.05, 4.69) is 27.6 Å². The molecular formula is C32H27Cl2IN2O5S. The van der Waals surface area contributed by atoms with Crippen LogP contribution in [-0.2, 0) is 16.1 Å². The normalized spacial score (nSPS) is 14.7. The number of carbonyl (C=O) groups excluding carboxylic acids is 1. The van der Waals surface area contributed by atoms with E-state index in [0.717, 1.165) is 20.3 Å². The highest BCUT2D eigenvalue weighted by molar-refractivity contribution is 14.1. The number of aromatic nitrogens is 1. The molecule has 0 amide bonds. The summed E-state index contributed by atoms with van der Waals surface area (Å²) in [5, 5.41) is 0.936. The number of esters is 1. The monoisotopic (exact) mass is 748 g/mol. The Kier molecular flexibility index (Phi) is 9.95. The van der Waals surface area contributed by atoms with Gasteiger partial charge in [-0.1, -0.05) is 70.9 Å². The molecule has 0 aliphatic carbocycles. The molecule has 11 heteroatoms. The number of carbonyl (C=O) groups is 1. The SMILES string of the molecule is CCOC(=O)C1=C(C)N=c2s/c(=C/c3cc(I)c(OCc4ccc(Cl)c(Cl)c4)c(OCC)c3)c(=O)n2[C@@H]1c1ccccc1. The van der Waals surface area contributed by atoms with Crippen LogP contribution in [0.3, 0.4) is 0 Å². The lowest BCUT2D eigenvalue weighted by Crippen LogP contribution is -2.39. The zero-order valence-corrected chi connectivity index (χ0v) is 28.0. The molecule has 43 heavy (non-hydrogen) atoms. The van der Waals surface area contributed by atoms with Gasteiger partial charge in [0.25, 0.3) is 5.56 Å². The largest absolute Gasteiger partial charge is 0.490 e. The smallest absolute Gasteiger partial charge is 0.338 e. The highest BCUT2D eigenvalue weighted by Crippen LogP contribution is 2.36. The zero-order chi connectivity index (χ0) is 30.7. The average Bonchev–Trinajstić information content (AvgIpc) is 3.28. The zero-order valence-electron chi connectivity index (χ0n) is 23.5. The number of allylic oxidation sites excluding steroid dienone is 1. The van der Waals surface area contributed by atoms with Crippen LogP contribution in [0.1, 0.15) is 43.5 Å². The van der Waals surface area contributed by atoms with Crippen LogP contribution in [0.25, 0.3) is 6.08 Å². The van der Waals surface area contributed by atoms with Gasteiger partial charge in [0.05, 0.1) is 48.7 Å². The topological polar surface area (TPSA) is 79.1 Å². The number of halogens is 3. The summed E-state index contributed by atoms with van der Waals surface area (Å²) in [6, 6.07) is 17.9. The van der Waals surface area contributed by atoms with Gasteiger partial charge in [0.15, 0.2) is 16.3 Å². The molecule has 0 saturated carbocycles. The van der Waals surface area contributed by atoms with Gasteiger partial charge in [0.1, 0.15) is 6.61 Å². The Balaban J connectivity index is 1.56. The Morgan fingerprint density at radius 2 is 1.81 bits per heavy atom. The molecule has 0 N–H and O–H groups in total. The molecule has 0 radical (unpaired) electrons. The number of benzene rings is 3. The number of nitrogens with zero attached hydrogens (tertiary/aromatic N) is 2. The molecule has 0 bridgehead atoms. The second kappa shape index (κ2) is 13.7. The van der Waals surface area contributed by atoms with Crippen molar-refractivity contribution < 1.29 is 19.0 Å². The van der Waals surface area contributed by atoms with Crippen molar-refractivity contribution in [3.8, 4) is 11.5 Å². The van der Waals surface area contributed by atoms with Crippen LogP contribution in [-0.4, -0.2) is 23.8 Å². The molecule has 0 unspecified atom stereocenters. The van der Waals surface area contributed by atoms with E-state index in [9.17, 15) is 9.59 Å². The van der Waals surface area contributed by atoms with Gasteiger partial charge >= 0.3 is 5.97 Å². The Hall–Kier alpha value is -3.12. The molecule has 1 aromatic heterocycles. The Bertz CT molecular complexity index is 1900. The van der Waals surface area contributed by atoms with E-state index in [4.69, 9.17) is 37.4 Å². The van der Waals surface area contributed by atoms with Gasteiger partial charge in [0.2, 0.25) is 0 Å². The number of thiazole rings is 1. The summed E-state index contributed by atoms with van der Waals surface area (Å²) < 4.78 is 20.3. The molecular weight excluding hydrogens is 722 g/mol. The Labute approximate surface area is 276 Å². The van der Waals surface area contributed by atoms with Crippen molar-refractivity contribution >= 4 is 69.2 Å². The number of hydrogen-bond donors (Lipinski definition) is 0. The van der Waals surface area contributed by atoms with Crippen LogP contribution in [0.15, 0.2) is 81.7 Å². The summed E-state index contributed by atoms with van der Waals surface area (Å²) in [5.74, 6) is 0.654. The number of rotatable bonds is 9. The summed E-state index contributed by atoms with van der Waals surface area (Å²) in [7, 11) is 0. The third kappa shape index (κ3) is 6.69. The summed E-state index contributed by atoms with van der Waals surface area (Å²) in [6.07, 6.45) is 1.81. The molecule has 1 aliphatic heterocycles. The fraction of sp³-hybridized carbons (Fsp3) is 0.219. The summed E-state index contributed by atoms with van der Waals surface area (Å²) >= 11 is 15.7. The minimum Gasteiger partial charge on any atom is -0.490 e. The molecule has 0 saturated heterocycles. The van der Waals surface area contributed by atoms with E-state index in [1.54, 1.807) is 30.5 Å². The highest BCUT2D eigenvalue weighted by Gasteiger charge is 2.33. The average molecular weight is 749 g/mol. The third-order valence-corrected chi connectivity index (χ3v) is 9.15. The Morgan fingerprint density at radius 1 is 1.05 bits per heavy atom. The van der Waals surface area contributed by atoms with E-state index in [1.807, 2.05) is 61.5 Å². The molecule has 3 aromatic carbocycles. The summed E-state index contributed by atoms with van der Waals surface area (Å²) in [4.78, 5) is 32.2. The second-order valence-electron chi connectivity index (χ2n) is 9.51. The van der Waals surface area contributed by atoms with Gasteiger partial charge in [0, 0.05) is 0 Å². The standard InChI is InChI=1S/C32H27Cl2IN2O5S/c1-4-40-25-15-20(14-24(35)29(25)42-17-19-11-12-22(33)23(34)13-19)16-26-30(38)37-28(21-9-7-6-8-10-21)27(31(39)41-5-2)18(3)36-32(37)43-26/h6-16,28H,4-5,17H2,1-3H3/b26-16+/t28-/m1/s1. The fourth-order valence-corrected chi connectivity index (χ4v) is 6.90. The van der Waals surface area contributed by atoms with Crippen LogP contribution in [0.4, 0.5) is 0 Å². The first-order valence-corrected chi connectivity index (χ1v) is 16.1. The molecule has 0 fully saturated rings. The van der Waals surface area contributed by atoms with Crippen molar-refractivity contribution in [2.75, 3.05) is 13.2 Å². The number of ether oxygens (including phenoxy) is 3. The third-order valence-electron chi connectivity index (χ3n) is 6.63. The van der Waals surface area contributed by atoms with Gasteiger partial charge in [-0.15, -0.1) is 0 Å². The maximum atomic E-state index is 13.9. The van der Waals surface area contributed by atoms with Crippen molar-refractivity contribution in [3.05, 3.63) is 122 Å². The number of hydrogen-bond acceptors (Lipinski definition) is 7. The molecule has 5 rings (SSSR count). The van der Waals surface area contributed by atoms with Crippen LogP contribution in [0.2, 0.25) is 10.0 Å². The molecule has 2 heterocycles. The summed E-state index contributed by atoms with van der Waals surface area (Å²) in [5.41, 5.74) is 3.05. The minimum atomic E-state index is -0.657. The fourth-order valence-electron chi connectivity index (χ4n) is 4.75. The summed E-state index contributed by atoms with van der Waals surface area (Å²) in [6.45, 7) is 6.34. The lowest BCUT2D eigenvalue weighted by molar-refractivity contribution is -0.139. The highest BCUT2D eigenvalue weighted by atomic mass is 127. The molecule has 222 valence electrons. The molecule has 1 atom stereocenters. The molecule has 4 aromatic rings. The van der Waals surface area contributed by atoms with Gasteiger partial charge < -0.3 is 14.2 Å². The predicted octanol–water partition coefficient (Wildman–Crippen LogP) is 6.69. The first kappa shape index (κ1) is 31.3. The predicted molar refractivity (Wildman–Crippen MR) is 178 cm³/mol. The molecule has 0 spiro atoms.